The van der Waals surface area contributed by atoms with Gasteiger partial charge < -0.3 is 20.5 Å². The number of aliphatic hydroxyl groups excluding tert-OH is 1. The number of hydrogen-bond donors (Lipinski definition) is 2. The van der Waals surface area contributed by atoms with E-state index >= 15 is 0 Å². The first-order chi connectivity index (χ1) is 8.76. The molecule has 0 bridgehead atoms. The summed E-state index contributed by atoms with van der Waals surface area (Å²) in [4.78, 5) is 13.4. The monoisotopic (exact) mass is 268 g/mol. The van der Waals surface area contributed by atoms with Gasteiger partial charge in [-0.05, 0) is 20.8 Å². The molecule has 1 aliphatic rings. The van der Waals surface area contributed by atoms with Crippen LogP contribution >= 0.6 is 0 Å². The summed E-state index contributed by atoms with van der Waals surface area (Å²) >= 11 is 0. The van der Waals surface area contributed by atoms with E-state index in [4.69, 9.17) is 10.5 Å². The van der Waals surface area contributed by atoms with Gasteiger partial charge in [0.1, 0.15) is 5.60 Å². The molecule has 3 N–H and O–H groups in total. The van der Waals surface area contributed by atoms with E-state index in [9.17, 15) is 9.90 Å². The molecule has 0 saturated carbocycles. The number of likely N-dealkylation sites (tertiary alicyclic amines) is 1. The molecule has 2 rings (SSSR count). The van der Waals surface area contributed by atoms with E-state index < -0.39 is 17.8 Å². The highest BCUT2D eigenvalue weighted by Crippen LogP contribution is 2.24. The molecule has 0 unspecified atom stereocenters. The number of β-amino-alcohol motifs (C(OH)–C–C–N with tert-alkyl or cyclic N) is 1. The van der Waals surface area contributed by atoms with Crippen LogP contribution in [0.4, 0.5) is 10.5 Å². The average Bonchev–Trinajstić information content (AvgIpc) is 2.82. The van der Waals surface area contributed by atoms with Crippen LogP contribution in [0.5, 0.6) is 0 Å². The van der Waals surface area contributed by atoms with E-state index in [1.165, 1.54) is 11.1 Å². The molecule has 0 aromatic carbocycles. The van der Waals surface area contributed by atoms with Gasteiger partial charge >= 0.3 is 6.09 Å². The zero-order valence-corrected chi connectivity index (χ0v) is 11.4. The lowest BCUT2D eigenvalue weighted by atomic mass is 10.2. The SMILES string of the molecule is CC(C)(C)OC(=O)N1C[C@H](O)[C@@H](n2cc(N)cn2)C1. The zero-order valence-electron chi connectivity index (χ0n) is 11.4. The fourth-order valence-electron chi connectivity index (χ4n) is 2.04. The van der Waals surface area contributed by atoms with Crippen LogP contribution in [0.25, 0.3) is 0 Å². The number of rotatable bonds is 1. The van der Waals surface area contributed by atoms with Crippen LogP contribution in [0.2, 0.25) is 0 Å². The van der Waals surface area contributed by atoms with Crippen molar-refractivity contribution in [3.63, 3.8) is 0 Å². The lowest BCUT2D eigenvalue weighted by Gasteiger charge is -2.24. The minimum Gasteiger partial charge on any atom is -0.444 e. The summed E-state index contributed by atoms with van der Waals surface area (Å²) in [7, 11) is 0. The van der Waals surface area contributed by atoms with Crippen LogP contribution in [0.1, 0.15) is 26.8 Å². The first kappa shape index (κ1) is 13.7. The Bertz CT molecular complexity index is 466. The van der Waals surface area contributed by atoms with Crippen molar-refractivity contribution in [2.75, 3.05) is 18.8 Å². The number of aromatic nitrogens is 2. The Kier molecular flexibility index (Phi) is 3.40. The van der Waals surface area contributed by atoms with E-state index in [0.29, 0.717) is 12.2 Å². The molecule has 7 nitrogen and oxygen atoms in total. The number of aliphatic hydroxyl groups is 1. The number of carbonyl (C=O) groups excluding carboxylic acids is 1. The van der Waals surface area contributed by atoms with Crippen molar-refractivity contribution in [3.8, 4) is 0 Å². The summed E-state index contributed by atoms with van der Waals surface area (Å²) in [5, 5.41) is 14.1. The molecule has 0 aliphatic carbocycles. The highest BCUT2D eigenvalue weighted by molar-refractivity contribution is 5.68. The van der Waals surface area contributed by atoms with Gasteiger partial charge in [-0.15, -0.1) is 0 Å². The van der Waals surface area contributed by atoms with Crippen molar-refractivity contribution in [2.24, 2.45) is 0 Å². The highest BCUT2D eigenvalue weighted by atomic mass is 16.6. The van der Waals surface area contributed by atoms with Gasteiger partial charge in [-0.3, -0.25) is 4.68 Å². The van der Waals surface area contributed by atoms with Gasteiger partial charge in [0.15, 0.2) is 0 Å². The minimum atomic E-state index is -0.674. The normalized spacial score (nSPS) is 23.7. The molecule has 1 saturated heterocycles. The van der Waals surface area contributed by atoms with Crippen molar-refractivity contribution in [1.29, 1.82) is 0 Å². The van der Waals surface area contributed by atoms with E-state index in [-0.39, 0.29) is 12.6 Å². The van der Waals surface area contributed by atoms with Crippen molar-refractivity contribution in [2.45, 2.75) is 38.5 Å². The Morgan fingerprint density at radius 1 is 1.53 bits per heavy atom. The van der Waals surface area contributed by atoms with Crippen molar-refractivity contribution in [3.05, 3.63) is 12.4 Å². The Hall–Kier alpha value is -1.76. The number of nitrogen functional groups attached to an aromatic ring is 1. The predicted molar refractivity (Wildman–Crippen MR) is 69.5 cm³/mol. The van der Waals surface area contributed by atoms with E-state index in [0.717, 1.165) is 0 Å². The maximum atomic E-state index is 11.9. The lowest BCUT2D eigenvalue weighted by Crippen LogP contribution is -2.35. The fourth-order valence-corrected chi connectivity index (χ4v) is 2.04. The Labute approximate surface area is 111 Å². The number of ether oxygens (including phenoxy) is 1. The van der Waals surface area contributed by atoms with Gasteiger partial charge in [-0.2, -0.15) is 5.10 Å². The van der Waals surface area contributed by atoms with Crippen molar-refractivity contribution < 1.29 is 14.6 Å². The lowest BCUT2D eigenvalue weighted by molar-refractivity contribution is 0.0270. The van der Waals surface area contributed by atoms with Crippen LogP contribution in [0.3, 0.4) is 0 Å². The van der Waals surface area contributed by atoms with Crippen LogP contribution in [0, 0.1) is 0 Å². The second-order valence-electron chi connectivity index (χ2n) is 5.77. The first-order valence-corrected chi connectivity index (χ1v) is 6.22. The van der Waals surface area contributed by atoms with Crippen molar-refractivity contribution >= 4 is 11.8 Å². The van der Waals surface area contributed by atoms with Crippen LogP contribution in [0.15, 0.2) is 12.4 Å². The number of carbonyl (C=O) groups is 1. The Balaban J connectivity index is 2.03. The topological polar surface area (TPSA) is 93.6 Å². The standard InChI is InChI=1S/C12H20N4O3/c1-12(2,3)19-11(18)15-6-9(10(17)7-15)16-5-8(13)4-14-16/h4-5,9-10,17H,6-7,13H2,1-3H3/t9-,10-/m0/s1. The van der Waals surface area contributed by atoms with Crippen molar-refractivity contribution in [1.82, 2.24) is 14.7 Å². The van der Waals surface area contributed by atoms with E-state index in [1.807, 2.05) is 20.8 Å². The molecule has 106 valence electrons. The molecule has 0 radical (unpaired) electrons. The molecule has 1 amide bonds. The predicted octanol–water partition coefficient (Wildman–Crippen LogP) is 0.618. The molecular formula is C12H20N4O3. The highest BCUT2D eigenvalue weighted by Gasteiger charge is 2.37. The Morgan fingerprint density at radius 3 is 2.74 bits per heavy atom. The van der Waals surface area contributed by atoms with Gasteiger partial charge in [-0.1, -0.05) is 0 Å². The van der Waals surface area contributed by atoms with Crippen LogP contribution in [-0.4, -0.2) is 50.7 Å². The summed E-state index contributed by atoms with van der Waals surface area (Å²) in [6, 6.07) is -0.287. The minimum absolute atomic E-state index is 0.235. The van der Waals surface area contributed by atoms with E-state index in [2.05, 4.69) is 5.10 Å². The number of amides is 1. The molecule has 2 atom stereocenters. The molecule has 1 aliphatic heterocycles. The Morgan fingerprint density at radius 2 is 2.21 bits per heavy atom. The van der Waals surface area contributed by atoms with Gasteiger partial charge in [0.05, 0.1) is 30.6 Å². The molecule has 1 aromatic rings. The molecule has 2 heterocycles. The first-order valence-electron chi connectivity index (χ1n) is 6.22. The third kappa shape index (κ3) is 3.17. The maximum absolute atomic E-state index is 11.9. The fraction of sp³-hybridized carbons (Fsp3) is 0.667. The van der Waals surface area contributed by atoms with Gasteiger partial charge in [-0.25, -0.2) is 4.79 Å². The second-order valence-corrected chi connectivity index (χ2v) is 5.77. The summed E-state index contributed by atoms with van der Waals surface area (Å²) in [5.41, 5.74) is 5.58. The number of hydrogen-bond acceptors (Lipinski definition) is 5. The molecule has 0 spiro atoms. The third-order valence-corrected chi connectivity index (χ3v) is 2.87. The molecule has 1 aromatic heterocycles. The molecule has 1 fully saturated rings. The van der Waals surface area contributed by atoms with E-state index in [1.54, 1.807) is 10.9 Å². The van der Waals surface area contributed by atoms with Gasteiger partial charge in [0.25, 0.3) is 0 Å². The summed E-state index contributed by atoms with van der Waals surface area (Å²) < 4.78 is 6.87. The third-order valence-electron chi connectivity index (χ3n) is 2.87. The maximum Gasteiger partial charge on any atom is 0.410 e. The van der Waals surface area contributed by atoms with Crippen LogP contribution < -0.4 is 5.73 Å². The molecule has 19 heavy (non-hydrogen) atoms. The molecular weight excluding hydrogens is 248 g/mol. The summed E-state index contributed by atoms with van der Waals surface area (Å²) in [6.07, 6.45) is 2.07. The van der Waals surface area contributed by atoms with Gasteiger partial charge in [0, 0.05) is 12.7 Å². The number of nitrogens with two attached hydrogens (primary N) is 1. The smallest absolute Gasteiger partial charge is 0.410 e. The largest absolute Gasteiger partial charge is 0.444 e. The summed E-state index contributed by atoms with van der Waals surface area (Å²) in [5.74, 6) is 0. The molecule has 7 heteroatoms. The quantitative estimate of drug-likeness (QED) is 0.778. The number of anilines is 1. The van der Waals surface area contributed by atoms with Gasteiger partial charge in [0.2, 0.25) is 0 Å². The second kappa shape index (κ2) is 4.73. The average molecular weight is 268 g/mol. The van der Waals surface area contributed by atoms with Crippen LogP contribution in [-0.2, 0) is 4.74 Å². The zero-order chi connectivity index (χ0) is 14.2. The number of nitrogens with zero attached hydrogens (tertiary/aromatic N) is 3. The summed E-state index contributed by atoms with van der Waals surface area (Å²) in [6.45, 7) is 6.02.